The molecular formula is C13H12INO4. The van der Waals surface area contributed by atoms with Crippen LogP contribution in [0.1, 0.15) is 23.3 Å². The van der Waals surface area contributed by atoms with Crippen molar-refractivity contribution in [1.82, 2.24) is 4.57 Å². The van der Waals surface area contributed by atoms with E-state index in [1.807, 2.05) is 6.07 Å². The zero-order valence-corrected chi connectivity index (χ0v) is 12.3. The van der Waals surface area contributed by atoms with Crippen molar-refractivity contribution >= 4 is 39.5 Å². The topological polar surface area (TPSA) is 79.5 Å². The largest absolute Gasteiger partial charge is 0.477 e. The van der Waals surface area contributed by atoms with Crippen LogP contribution in [0.25, 0.3) is 10.9 Å². The van der Waals surface area contributed by atoms with Gasteiger partial charge in [0.2, 0.25) is 5.43 Å². The van der Waals surface area contributed by atoms with E-state index in [0.29, 0.717) is 10.9 Å². The van der Waals surface area contributed by atoms with Crippen molar-refractivity contribution in [2.75, 3.05) is 6.61 Å². The molecule has 1 aromatic heterocycles. The molecular weight excluding hydrogens is 361 g/mol. The molecule has 1 heterocycles. The molecule has 0 bridgehead atoms. The first-order valence-electron chi connectivity index (χ1n) is 5.64. The Labute approximate surface area is 122 Å². The molecule has 2 N–H and O–H groups in total. The lowest BCUT2D eigenvalue weighted by Crippen LogP contribution is -2.21. The van der Waals surface area contributed by atoms with Crippen LogP contribution in [0.15, 0.2) is 29.2 Å². The molecule has 1 atom stereocenters. The van der Waals surface area contributed by atoms with Gasteiger partial charge in [-0.25, -0.2) is 4.79 Å². The normalized spacial score (nSPS) is 12.6. The summed E-state index contributed by atoms with van der Waals surface area (Å²) in [6.45, 7) is 1.62. The number of carboxylic acid groups (broad SMARTS) is 1. The summed E-state index contributed by atoms with van der Waals surface area (Å²) >= 11 is 2.07. The van der Waals surface area contributed by atoms with E-state index < -0.39 is 11.4 Å². The van der Waals surface area contributed by atoms with Crippen molar-refractivity contribution in [1.29, 1.82) is 0 Å². The molecule has 19 heavy (non-hydrogen) atoms. The van der Waals surface area contributed by atoms with Crippen molar-refractivity contribution in [3.63, 3.8) is 0 Å². The van der Waals surface area contributed by atoms with Crippen LogP contribution < -0.4 is 5.43 Å². The van der Waals surface area contributed by atoms with Crippen molar-refractivity contribution in [2.45, 2.75) is 13.0 Å². The van der Waals surface area contributed by atoms with E-state index in [1.54, 1.807) is 23.6 Å². The van der Waals surface area contributed by atoms with Crippen molar-refractivity contribution < 1.29 is 15.0 Å². The van der Waals surface area contributed by atoms with E-state index in [0.717, 1.165) is 3.57 Å². The summed E-state index contributed by atoms with van der Waals surface area (Å²) in [6, 6.07) is 4.95. The van der Waals surface area contributed by atoms with Crippen LogP contribution in [0.4, 0.5) is 0 Å². The van der Waals surface area contributed by atoms with E-state index in [1.165, 1.54) is 6.20 Å². The van der Waals surface area contributed by atoms with Gasteiger partial charge in [-0.15, -0.1) is 0 Å². The predicted molar refractivity (Wildman–Crippen MR) is 79.7 cm³/mol. The third-order valence-corrected chi connectivity index (χ3v) is 3.63. The Bertz CT molecular complexity index is 708. The molecule has 5 nitrogen and oxygen atoms in total. The first kappa shape index (κ1) is 14.0. The number of hydrogen-bond donors (Lipinski definition) is 2. The summed E-state index contributed by atoms with van der Waals surface area (Å²) in [6.07, 6.45) is 1.29. The number of aliphatic hydroxyl groups is 1. The first-order valence-corrected chi connectivity index (χ1v) is 6.72. The first-order chi connectivity index (χ1) is 8.95. The molecule has 0 fully saturated rings. The quantitative estimate of drug-likeness (QED) is 0.806. The van der Waals surface area contributed by atoms with E-state index in [4.69, 9.17) is 5.11 Å². The summed E-state index contributed by atoms with van der Waals surface area (Å²) in [5, 5.41) is 18.7. The second-order valence-corrected chi connectivity index (χ2v) is 5.52. The molecule has 0 spiro atoms. The Balaban J connectivity index is 2.92. The average Bonchev–Trinajstić information content (AvgIpc) is 2.38. The summed E-state index contributed by atoms with van der Waals surface area (Å²) in [7, 11) is 0. The zero-order chi connectivity index (χ0) is 14.2. The lowest BCUT2D eigenvalue weighted by molar-refractivity contribution is 0.0694. The van der Waals surface area contributed by atoms with Gasteiger partial charge in [-0.3, -0.25) is 4.79 Å². The van der Waals surface area contributed by atoms with Gasteiger partial charge in [0, 0.05) is 15.2 Å². The maximum atomic E-state index is 12.1. The summed E-state index contributed by atoms with van der Waals surface area (Å²) in [4.78, 5) is 23.3. The Morgan fingerprint density at radius 3 is 2.74 bits per heavy atom. The van der Waals surface area contributed by atoms with Crippen molar-refractivity contribution in [3.05, 3.63) is 43.8 Å². The Hall–Kier alpha value is -1.41. The Morgan fingerprint density at radius 2 is 2.16 bits per heavy atom. The van der Waals surface area contributed by atoms with Gasteiger partial charge in [0.1, 0.15) is 5.56 Å². The number of aromatic carboxylic acids is 1. The summed E-state index contributed by atoms with van der Waals surface area (Å²) < 4.78 is 2.48. The van der Waals surface area contributed by atoms with Gasteiger partial charge in [-0.1, -0.05) is 0 Å². The number of pyridine rings is 1. The predicted octanol–water partition coefficient (Wildman–Crippen LogP) is 1.86. The van der Waals surface area contributed by atoms with Crippen LogP contribution in [0.5, 0.6) is 0 Å². The minimum absolute atomic E-state index is 0.136. The summed E-state index contributed by atoms with van der Waals surface area (Å²) in [5.74, 6) is -1.26. The van der Waals surface area contributed by atoms with Crippen LogP contribution in [0, 0.1) is 3.57 Å². The fourth-order valence-corrected chi connectivity index (χ4v) is 2.42. The summed E-state index contributed by atoms with van der Waals surface area (Å²) in [5.41, 5.74) is -0.158. The van der Waals surface area contributed by atoms with E-state index in [9.17, 15) is 14.7 Å². The highest BCUT2D eigenvalue weighted by molar-refractivity contribution is 14.1. The molecule has 1 aromatic carbocycles. The lowest BCUT2D eigenvalue weighted by atomic mass is 10.1. The monoisotopic (exact) mass is 373 g/mol. The molecule has 0 aliphatic heterocycles. The third kappa shape index (κ3) is 2.50. The highest BCUT2D eigenvalue weighted by Gasteiger charge is 2.16. The average molecular weight is 373 g/mol. The maximum Gasteiger partial charge on any atom is 0.341 e. The number of carboxylic acids is 1. The van der Waals surface area contributed by atoms with Gasteiger partial charge in [0.15, 0.2) is 0 Å². The molecule has 0 aliphatic rings. The molecule has 6 heteroatoms. The van der Waals surface area contributed by atoms with E-state index in [-0.39, 0.29) is 18.2 Å². The SMILES string of the molecule is CC(CO)n1cc(C(=O)O)c(=O)c2cc(I)ccc21. The molecule has 0 saturated heterocycles. The van der Waals surface area contributed by atoms with Crippen LogP contribution >= 0.6 is 22.6 Å². The molecule has 1 unspecified atom stereocenters. The number of nitrogens with zero attached hydrogens (tertiary/aromatic N) is 1. The number of hydrogen-bond acceptors (Lipinski definition) is 3. The standard InChI is InChI=1S/C13H12INO4/c1-7(6-16)15-5-10(13(18)19)12(17)9-4-8(14)2-3-11(9)15/h2-5,7,16H,6H2,1H3,(H,18,19). The number of halogens is 1. The number of rotatable bonds is 3. The van der Waals surface area contributed by atoms with Crippen LogP contribution in [0.3, 0.4) is 0 Å². The third-order valence-electron chi connectivity index (χ3n) is 2.96. The van der Waals surface area contributed by atoms with Crippen molar-refractivity contribution in [3.8, 4) is 0 Å². The second-order valence-electron chi connectivity index (χ2n) is 4.28. The van der Waals surface area contributed by atoms with Gasteiger partial charge < -0.3 is 14.8 Å². The van der Waals surface area contributed by atoms with Gasteiger partial charge in [0.25, 0.3) is 0 Å². The smallest absolute Gasteiger partial charge is 0.341 e. The fraction of sp³-hybridized carbons (Fsp3) is 0.231. The minimum atomic E-state index is -1.26. The molecule has 0 saturated carbocycles. The number of fused-ring (bicyclic) bond motifs is 1. The zero-order valence-electron chi connectivity index (χ0n) is 10.1. The van der Waals surface area contributed by atoms with Crippen molar-refractivity contribution in [2.24, 2.45) is 0 Å². The number of aliphatic hydroxyl groups excluding tert-OH is 1. The Morgan fingerprint density at radius 1 is 1.47 bits per heavy atom. The van der Waals surface area contributed by atoms with Gasteiger partial charge in [0.05, 0.1) is 18.2 Å². The maximum absolute atomic E-state index is 12.1. The molecule has 0 aliphatic carbocycles. The molecule has 0 amide bonds. The van der Waals surface area contributed by atoms with Gasteiger partial charge in [-0.05, 0) is 47.7 Å². The molecule has 2 aromatic rings. The van der Waals surface area contributed by atoms with Gasteiger partial charge >= 0.3 is 5.97 Å². The highest BCUT2D eigenvalue weighted by Crippen LogP contribution is 2.19. The van der Waals surface area contributed by atoms with Gasteiger partial charge in [-0.2, -0.15) is 0 Å². The molecule has 100 valence electrons. The Kier molecular flexibility index (Phi) is 3.91. The van der Waals surface area contributed by atoms with Crippen LogP contribution in [-0.2, 0) is 0 Å². The second kappa shape index (κ2) is 5.30. The number of carbonyl (C=O) groups is 1. The molecule has 2 rings (SSSR count). The fourth-order valence-electron chi connectivity index (χ4n) is 1.93. The van der Waals surface area contributed by atoms with E-state index >= 15 is 0 Å². The lowest BCUT2D eigenvalue weighted by Gasteiger charge is -2.17. The highest BCUT2D eigenvalue weighted by atomic mass is 127. The number of aromatic nitrogens is 1. The molecule has 0 radical (unpaired) electrons. The van der Waals surface area contributed by atoms with E-state index in [2.05, 4.69) is 22.6 Å². The number of benzene rings is 1. The van der Waals surface area contributed by atoms with Crippen LogP contribution in [0.2, 0.25) is 0 Å². The minimum Gasteiger partial charge on any atom is -0.477 e. The van der Waals surface area contributed by atoms with Crippen LogP contribution in [-0.4, -0.2) is 27.4 Å².